The third kappa shape index (κ3) is 4.50. The molecule has 0 saturated carbocycles. The fourth-order valence-corrected chi connectivity index (χ4v) is 2.50. The fourth-order valence-electron chi connectivity index (χ4n) is 1.86. The maximum Gasteiger partial charge on any atom is 0.239 e. The number of hydrogen-bond acceptors (Lipinski definition) is 5. The molecule has 1 aromatic carbocycles. The number of nitrogens with one attached hydrogen (secondary N) is 2. The predicted molar refractivity (Wildman–Crippen MR) is 87.0 cm³/mol. The molecule has 0 saturated heterocycles. The van der Waals surface area contributed by atoms with E-state index in [1.165, 1.54) is 0 Å². The number of nitrogens with zero attached hydrogens (tertiary/aromatic N) is 1. The van der Waals surface area contributed by atoms with Crippen LogP contribution in [-0.4, -0.2) is 19.1 Å². The molecular formula is C16H17N3O2S. The van der Waals surface area contributed by atoms with Crippen LogP contribution in [0, 0.1) is 11.3 Å². The number of thiophene rings is 1. The quantitative estimate of drug-likeness (QED) is 0.824. The Bertz CT molecular complexity index is 663. The summed E-state index contributed by atoms with van der Waals surface area (Å²) in [5.41, 5.74) is 1.16. The topological polar surface area (TPSA) is 74.1 Å². The van der Waals surface area contributed by atoms with Crippen LogP contribution < -0.4 is 15.4 Å². The maximum atomic E-state index is 11.9. The van der Waals surface area contributed by atoms with Crippen molar-refractivity contribution in [3.63, 3.8) is 0 Å². The first-order chi connectivity index (χ1) is 10.7. The predicted octanol–water partition coefficient (Wildman–Crippen LogP) is 2.75. The second-order valence-corrected chi connectivity index (χ2v) is 5.50. The van der Waals surface area contributed by atoms with Crippen molar-refractivity contribution in [2.45, 2.75) is 13.5 Å². The first-order valence-electron chi connectivity index (χ1n) is 6.93. The van der Waals surface area contributed by atoms with Crippen LogP contribution in [0.3, 0.4) is 0 Å². The Morgan fingerprint density at radius 2 is 2.27 bits per heavy atom. The van der Waals surface area contributed by atoms with E-state index < -0.39 is 0 Å². The van der Waals surface area contributed by atoms with Crippen molar-refractivity contribution in [2.24, 2.45) is 0 Å². The third-order valence-electron chi connectivity index (χ3n) is 2.89. The summed E-state index contributed by atoms with van der Waals surface area (Å²) in [6.45, 7) is 3.05. The van der Waals surface area contributed by atoms with Crippen molar-refractivity contribution < 1.29 is 9.53 Å². The Morgan fingerprint density at radius 3 is 2.95 bits per heavy atom. The van der Waals surface area contributed by atoms with Crippen LogP contribution in [0.5, 0.6) is 5.75 Å². The number of rotatable bonds is 7. The van der Waals surface area contributed by atoms with E-state index in [9.17, 15) is 4.79 Å². The molecule has 2 N–H and O–H groups in total. The molecule has 0 spiro atoms. The lowest BCUT2D eigenvalue weighted by molar-refractivity contribution is -0.119. The molecular weight excluding hydrogens is 298 g/mol. The van der Waals surface area contributed by atoms with Gasteiger partial charge in [0.25, 0.3) is 0 Å². The molecule has 1 aromatic heterocycles. The number of carbonyl (C=O) groups is 1. The highest BCUT2D eigenvalue weighted by Gasteiger charge is 2.07. The minimum Gasteiger partial charge on any atom is -0.492 e. The highest BCUT2D eigenvalue weighted by atomic mass is 32.1. The zero-order valence-electron chi connectivity index (χ0n) is 12.3. The van der Waals surface area contributed by atoms with Crippen molar-refractivity contribution in [1.29, 1.82) is 5.26 Å². The van der Waals surface area contributed by atoms with Gasteiger partial charge in [-0.3, -0.25) is 4.79 Å². The highest BCUT2D eigenvalue weighted by Crippen LogP contribution is 2.25. The highest BCUT2D eigenvalue weighted by molar-refractivity contribution is 7.09. The molecule has 0 unspecified atom stereocenters. The molecule has 0 bridgehead atoms. The zero-order chi connectivity index (χ0) is 15.8. The van der Waals surface area contributed by atoms with Crippen molar-refractivity contribution in [3.8, 4) is 11.8 Å². The van der Waals surface area contributed by atoms with Gasteiger partial charge in [-0.1, -0.05) is 6.07 Å². The number of anilines is 1. The summed E-state index contributed by atoms with van der Waals surface area (Å²) in [5.74, 6) is 0.519. The van der Waals surface area contributed by atoms with E-state index in [2.05, 4.69) is 16.7 Å². The first-order valence-corrected chi connectivity index (χ1v) is 7.80. The van der Waals surface area contributed by atoms with Gasteiger partial charge in [-0.25, -0.2) is 0 Å². The monoisotopic (exact) mass is 315 g/mol. The molecule has 2 rings (SSSR count). The second kappa shape index (κ2) is 8.05. The molecule has 6 heteroatoms. The van der Waals surface area contributed by atoms with E-state index >= 15 is 0 Å². The molecule has 1 amide bonds. The summed E-state index contributed by atoms with van der Waals surface area (Å²) in [7, 11) is 0. The van der Waals surface area contributed by atoms with Crippen LogP contribution in [0.2, 0.25) is 0 Å². The molecule has 2 aromatic rings. The Hall–Kier alpha value is -2.52. The zero-order valence-corrected chi connectivity index (χ0v) is 13.1. The Morgan fingerprint density at radius 1 is 1.41 bits per heavy atom. The third-order valence-corrected chi connectivity index (χ3v) is 3.76. The van der Waals surface area contributed by atoms with Gasteiger partial charge >= 0.3 is 0 Å². The fraction of sp³-hybridized carbons (Fsp3) is 0.250. The molecule has 1 heterocycles. The number of ether oxygens (including phenoxy) is 1. The lowest BCUT2D eigenvalue weighted by atomic mass is 10.2. The van der Waals surface area contributed by atoms with Crippen molar-refractivity contribution in [2.75, 3.05) is 18.5 Å². The minimum absolute atomic E-state index is 0.113. The normalized spacial score (nSPS) is 9.82. The smallest absolute Gasteiger partial charge is 0.239 e. The van der Waals surface area contributed by atoms with Gasteiger partial charge in [0.1, 0.15) is 5.75 Å². The van der Waals surface area contributed by atoms with E-state index in [1.54, 1.807) is 29.5 Å². The van der Waals surface area contributed by atoms with Crippen LogP contribution in [-0.2, 0) is 11.3 Å². The maximum absolute atomic E-state index is 11.9. The standard InChI is InChI=1S/C16H17N3O2S/c1-2-21-15-6-5-12(9-17)8-14(15)18-11-16(20)19-10-13-4-3-7-22-13/h3-8,18H,2,10-11H2,1H3,(H,19,20). The molecule has 22 heavy (non-hydrogen) atoms. The van der Waals surface area contributed by atoms with Crippen molar-refractivity contribution in [3.05, 3.63) is 46.2 Å². The number of benzene rings is 1. The second-order valence-electron chi connectivity index (χ2n) is 4.47. The average Bonchev–Trinajstić information content (AvgIpc) is 3.05. The molecule has 0 atom stereocenters. The lowest BCUT2D eigenvalue weighted by Gasteiger charge is -2.12. The van der Waals surface area contributed by atoms with Crippen molar-refractivity contribution >= 4 is 22.9 Å². The molecule has 0 radical (unpaired) electrons. The summed E-state index contributed by atoms with van der Waals surface area (Å²) in [5, 5.41) is 16.8. The number of carbonyl (C=O) groups excluding carboxylic acids is 1. The number of hydrogen-bond donors (Lipinski definition) is 2. The molecule has 5 nitrogen and oxygen atoms in total. The van der Waals surface area contributed by atoms with Crippen LogP contribution in [0.15, 0.2) is 35.7 Å². The molecule has 114 valence electrons. The molecule has 0 aliphatic carbocycles. The van der Waals surface area contributed by atoms with Gasteiger partial charge < -0.3 is 15.4 Å². The van der Waals surface area contributed by atoms with E-state index in [0.29, 0.717) is 30.2 Å². The largest absolute Gasteiger partial charge is 0.492 e. The van der Waals surface area contributed by atoms with Crippen LogP contribution >= 0.6 is 11.3 Å². The number of nitriles is 1. The van der Waals surface area contributed by atoms with E-state index in [1.807, 2.05) is 24.4 Å². The van der Waals surface area contributed by atoms with Gasteiger partial charge in [-0.2, -0.15) is 5.26 Å². The van der Waals surface area contributed by atoms with Gasteiger partial charge in [-0.15, -0.1) is 11.3 Å². The SMILES string of the molecule is CCOc1ccc(C#N)cc1NCC(=O)NCc1cccs1. The van der Waals surface area contributed by atoms with E-state index in [4.69, 9.17) is 10.00 Å². The van der Waals surface area contributed by atoms with Gasteiger partial charge in [0.2, 0.25) is 5.91 Å². The summed E-state index contributed by atoms with van der Waals surface area (Å²) >= 11 is 1.60. The summed E-state index contributed by atoms with van der Waals surface area (Å²) < 4.78 is 5.49. The van der Waals surface area contributed by atoms with Crippen LogP contribution in [0.1, 0.15) is 17.4 Å². The Labute approximate surface area is 133 Å². The number of amides is 1. The molecule has 0 fully saturated rings. The van der Waals surface area contributed by atoms with Gasteiger partial charge in [0.15, 0.2) is 0 Å². The Kier molecular flexibility index (Phi) is 5.81. The first kappa shape index (κ1) is 15.9. The lowest BCUT2D eigenvalue weighted by Crippen LogP contribution is -2.29. The Balaban J connectivity index is 1.92. The molecule has 0 aliphatic heterocycles. The molecule has 0 aliphatic rings. The van der Waals surface area contributed by atoms with E-state index in [0.717, 1.165) is 4.88 Å². The van der Waals surface area contributed by atoms with E-state index in [-0.39, 0.29) is 12.5 Å². The van der Waals surface area contributed by atoms with Crippen LogP contribution in [0.25, 0.3) is 0 Å². The summed E-state index contributed by atoms with van der Waals surface area (Å²) in [6.07, 6.45) is 0. The minimum atomic E-state index is -0.113. The van der Waals surface area contributed by atoms with Crippen molar-refractivity contribution in [1.82, 2.24) is 5.32 Å². The summed E-state index contributed by atoms with van der Waals surface area (Å²) in [4.78, 5) is 13.0. The summed E-state index contributed by atoms with van der Waals surface area (Å²) in [6, 6.07) is 11.1. The van der Waals surface area contributed by atoms with Gasteiger partial charge in [0.05, 0.1) is 37.0 Å². The van der Waals surface area contributed by atoms with Gasteiger partial charge in [0, 0.05) is 4.88 Å². The van der Waals surface area contributed by atoms with Crippen LogP contribution in [0.4, 0.5) is 5.69 Å². The average molecular weight is 315 g/mol. The van der Waals surface area contributed by atoms with Gasteiger partial charge in [-0.05, 0) is 36.6 Å².